The van der Waals surface area contributed by atoms with Gasteiger partial charge < -0.3 is 10.1 Å². The molecule has 154 valence electrons. The molecular formula is C24H20F3NO2. The Morgan fingerprint density at radius 2 is 1.77 bits per heavy atom. The molecule has 3 aromatic carbocycles. The smallest absolute Gasteiger partial charge is 0.380 e. The minimum Gasteiger partial charge on any atom is -0.380 e. The molecule has 4 rings (SSSR count). The van der Waals surface area contributed by atoms with Crippen molar-refractivity contribution in [1.82, 2.24) is 0 Å². The van der Waals surface area contributed by atoms with Crippen molar-refractivity contribution in [2.24, 2.45) is 0 Å². The average molecular weight is 411 g/mol. The Balaban J connectivity index is 1.59. The molecule has 0 aliphatic carbocycles. The summed E-state index contributed by atoms with van der Waals surface area (Å²) < 4.78 is 44.0. The summed E-state index contributed by atoms with van der Waals surface area (Å²) in [5.74, 6) is -0.190. The topological polar surface area (TPSA) is 38.3 Å². The number of hydrogen-bond donors (Lipinski definition) is 1. The van der Waals surface area contributed by atoms with Crippen molar-refractivity contribution in [3.05, 3.63) is 89.0 Å². The number of halogens is 3. The summed E-state index contributed by atoms with van der Waals surface area (Å²) in [6.45, 7) is 3.41. The van der Waals surface area contributed by atoms with Crippen molar-refractivity contribution in [3.63, 3.8) is 0 Å². The first-order valence-electron chi connectivity index (χ1n) is 9.58. The van der Waals surface area contributed by atoms with Gasteiger partial charge in [0.2, 0.25) is 0 Å². The van der Waals surface area contributed by atoms with E-state index < -0.39 is 17.6 Å². The van der Waals surface area contributed by atoms with Gasteiger partial charge in [-0.1, -0.05) is 36.4 Å². The van der Waals surface area contributed by atoms with Crippen LogP contribution in [0.3, 0.4) is 0 Å². The van der Waals surface area contributed by atoms with E-state index in [0.29, 0.717) is 11.6 Å². The van der Waals surface area contributed by atoms with Gasteiger partial charge in [-0.15, -0.1) is 0 Å². The van der Waals surface area contributed by atoms with Crippen LogP contribution in [0.1, 0.15) is 33.0 Å². The van der Waals surface area contributed by atoms with Gasteiger partial charge in [-0.05, 0) is 59.5 Å². The molecule has 1 aliphatic heterocycles. The fourth-order valence-corrected chi connectivity index (χ4v) is 3.44. The number of alkyl halides is 3. The maximum absolute atomic E-state index is 12.9. The van der Waals surface area contributed by atoms with E-state index in [4.69, 9.17) is 4.74 Å². The van der Waals surface area contributed by atoms with Crippen molar-refractivity contribution in [2.75, 3.05) is 18.5 Å². The monoisotopic (exact) mass is 411 g/mol. The second kappa shape index (κ2) is 7.95. The molecule has 1 aliphatic rings. The quantitative estimate of drug-likeness (QED) is 0.568. The van der Waals surface area contributed by atoms with E-state index in [1.54, 1.807) is 6.07 Å². The maximum Gasteiger partial charge on any atom is 0.416 e. The van der Waals surface area contributed by atoms with Gasteiger partial charge in [-0.25, -0.2) is 0 Å². The highest BCUT2D eigenvalue weighted by molar-refractivity contribution is 6.04. The molecule has 0 unspecified atom stereocenters. The van der Waals surface area contributed by atoms with Crippen molar-refractivity contribution in [1.29, 1.82) is 0 Å². The van der Waals surface area contributed by atoms with Gasteiger partial charge in [0.05, 0.1) is 18.8 Å². The van der Waals surface area contributed by atoms with Gasteiger partial charge in [0.15, 0.2) is 0 Å². The molecule has 1 amide bonds. The maximum atomic E-state index is 12.9. The average Bonchev–Trinajstić information content (AvgIpc) is 2.68. The highest BCUT2D eigenvalue weighted by Gasteiger charge is 2.31. The summed E-state index contributed by atoms with van der Waals surface area (Å²) in [4.78, 5) is 12.5. The number of anilines is 1. The van der Waals surface area contributed by atoms with Crippen LogP contribution in [0, 0.1) is 6.92 Å². The molecule has 1 N–H and O–H groups in total. The molecule has 0 bridgehead atoms. The van der Waals surface area contributed by atoms with Crippen molar-refractivity contribution in [3.8, 4) is 11.1 Å². The van der Waals surface area contributed by atoms with Crippen molar-refractivity contribution in [2.45, 2.75) is 19.0 Å². The minimum atomic E-state index is -4.50. The van der Waals surface area contributed by atoms with Crippen LogP contribution in [0.5, 0.6) is 0 Å². The van der Waals surface area contributed by atoms with Crippen LogP contribution in [0.25, 0.3) is 11.1 Å². The highest BCUT2D eigenvalue weighted by atomic mass is 19.4. The van der Waals surface area contributed by atoms with Crippen LogP contribution < -0.4 is 5.32 Å². The molecule has 1 heterocycles. The van der Waals surface area contributed by atoms with Gasteiger partial charge in [0.1, 0.15) is 0 Å². The Hall–Kier alpha value is -3.12. The zero-order valence-electron chi connectivity index (χ0n) is 16.3. The van der Waals surface area contributed by atoms with E-state index in [2.05, 4.69) is 17.4 Å². The number of hydrogen-bond acceptors (Lipinski definition) is 2. The third kappa shape index (κ3) is 4.24. The lowest BCUT2D eigenvalue weighted by atomic mass is 9.92. The number of benzene rings is 3. The molecule has 0 aromatic heterocycles. The third-order valence-electron chi connectivity index (χ3n) is 5.25. The van der Waals surface area contributed by atoms with E-state index in [1.807, 2.05) is 31.2 Å². The first kappa shape index (κ1) is 20.2. The highest BCUT2D eigenvalue weighted by Crippen LogP contribution is 2.32. The molecule has 1 fully saturated rings. The Kier molecular flexibility index (Phi) is 5.35. The summed E-state index contributed by atoms with van der Waals surface area (Å²) in [5, 5.41) is 2.71. The predicted molar refractivity (Wildman–Crippen MR) is 110 cm³/mol. The Labute approximate surface area is 172 Å². The van der Waals surface area contributed by atoms with Crippen LogP contribution in [0.15, 0.2) is 66.7 Å². The molecule has 30 heavy (non-hydrogen) atoms. The zero-order chi connectivity index (χ0) is 21.3. The summed E-state index contributed by atoms with van der Waals surface area (Å²) in [6.07, 6.45) is -4.50. The molecule has 0 atom stereocenters. The fourth-order valence-electron chi connectivity index (χ4n) is 3.44. The third-order valence-corrected chi connectivity index (χ3v) is 5.25. The number of rotatable bonds is 4. The summed E-state index contributed by atoms with van der Waals surface area (Å²) in [7, 11) is 0. The van der Waals surface area contributed by atoms with Gasteiger partial charge in [-0.2, -0.15) is 13.2 Å². The van der Waals surface area contributed by atoms with Gasteiger partial charge >= 0.3 is 6.18 Å². The lowest BCUT2D eigenvalue weighted by Gasteiger charge is -2.26. The van der Waals surface area contributed by atoms with E-state index in [1.165, 1.54) is 17.7 Å². The van der Waals surface area contributed by atoms with E-state index in [-0.39, 0.29) is 5.56 Å². The Morgan fingerprint density at radius 3 is 2.47 bits per heavy atom. The first-order chi connectivity index (χ1) is 14.3. The Morgan fingerprint density at radius 1 is 1.00 bits per heavy atom. The molecule has 3 nitrogen and oxygen atoms in total. The number of amides is 1. The minimum absolute atomic E-state index is 0.0427. The molecule has 6 heteroatoms. The van der Waals surface area contributed by atoms with Crippen LogP contribution in [-0.2, 0) is 10.9 Å². The molecule has 1 saturated heterocycles. The number of carbonyl (C=O) groups is 1. The van der Waals surface area contributed by atoms with Crippen molar-refractivity contribution >= 4 is 11.6 Å². The Bertz CT molecular complexity index is 1090. The van der Waals surface area contributed by atoms with E-state index in [9.17, 15) is 18.0 Å². The zero-order valence-corrected chi connectivity index (χ0v) is 16.3. The number of carbonyl (C=O) groups excluding carboxylic acids is 1. The van der Waals surface area contributed by atoms with Crippen LogP contribution >= 0.6 is 0 Å². The summed E-state index contributed by atoms with van der Waals surface area (Å²) in [5.41, 5.74) is 3.85. The summed E-state index contributed by atoms with van der Waals surface area (Å²) in [6, 6.07) is 18.1. The van der Waals surface area contributed by atoms with Crippen LogP contribution in [0.4, 0.5) is 18.9 Å². The van der Waals surface area contributed by atoms with Crippen LogP contribution in [0.2, 0.25) is 0 Å². The fraction of sp³-hybridized carbons (Fsp3) is 0.208. The first-order valence-corrected chi connectivity index (χ1v) is 9.58. The number of nitrogens with one attached hydrogen (secondary N) is 1. The standard InChI is InChI=1S/C24H20F3NO2/c1-15-8-9-21(28-23(29)18-6-3-7-20(11-18)24(25,26)27)12-22(15)17-5-2-4-16(10-17)19-13-30-14-19/h2-12,19H,13-14H2,1H3,(H,28,29). The van der Waals surface area contributed by atoms with Gasteiger partial charge in [0.25, 0.3) is 5.91 Å². The van der Waals surface area contributed by atoms with E-state index >= 15 is 0 Å². The van der Waals surface area contributed by atoms with Crippen LogP contribution in [-0.4, -0.2) is 19.1 Å². The van der Waals surface area contributed by atoms with Gasteiger partial charge in [-0.3, -0.25) is 4.79 Å². The molecule has 0 saturated carbocycles. The second-order valence-electron chi connectivity index (χ2n) is 7.42. The normalized spacial score (nSPS) is 14.3. The summed E-state index contributed by atoms with van der Waals surface area (Å²) >= 11 is 0. The second-order valence-corrected chi connectivity index (χ2v) is 7.42. The molecular weight excluding hydrogens is 391 g/mol. The van der Waals surface area contributed by atoms with E-state index in [0.717, 1.165) is 42.0 Å². The van der Waals surface area contributed by atoms with Crippen molar-refractivity contribution < 1.29 is 22.7 Å². The lowest BCUT2D eigenvalue weighted by molar-refractivity contribution is -0.137. The SMILES string of the molecule is Cc1ccc(NC(=O)c2cccc(C(F)(F)F)c2)cc1-c1cccc(C2COC2)c1. The van der Waals surface area contributed by atoms with Gasteiger partial charge in [0, 0.05) is 17.2 Å². The molecule has 0 spiro atoms. The molecule has 0 radical (unpaired) electrons. The number of ether oxygens (including phenoxy) is 1. The lowest BCUT2D eigenvalue weighted by Crippen LogP contribution is -2.24. The predicted octanol–water partition coefficient (Wildman–Crippen LogP) is 6.05. The largest absolute Gasteiger partial charge is 0.416 e. The number of aryl methyl sites for hydroxylation is 1. The molecule has 3 aromatic rings.